The van der Waals surface area contributed by atoms with E-state index >= 15 is 0 Å². The number of carbonyl (C=O) groups excluding carboxylic acids is 1. The molecule has 0 aromatic heterocycles. The van der Waals surface area contributed by atoms with Crippen molar-refractivity contribution in [3.05, 3.63) is 47.0 Å². The molecule has 0 saturated heterocycles. The van der Waals surface area contributed by atoms with Gasteiger partial charge in [0.2, 0.25) is 0 Å². The zero-order valence-corrected chi connectivity index (χ0v) is 10.6. The van der Waals surface area contributed by atoms with Crippen molar-refractivity contribution < 1.29 is 9.53 Å². The zero-order chi connectivity index (χ0) is 12.7. The molecule has 1 rings (SSSR count). The minimum absolute atomic E-state index is 0.124. The minimum atomic E-state index is -0.124. The van der Waals surface area contributed by atoms with Crippen molar-refractivity contribution in [1.29, 1.82) is 0 Å². The van der Waals surface area contributed by atoms with Crippen molar-refractivity contribution in [1.82, 2.24) is 5.32 Å². The predicted molar refractivity (Wildman–Crippen MR) is 69.4 cm³/mol. The van der Waals surface area contributed by atoms with Crippen LogP contribution in [0.4, 0.5) is 0 Å². The minimum Gasteiger partial charge on any atom is -0.375 e. The Morgan fingerprint density at radius 2 is 2.06 bits per heavy atom. The van der Waals surface area contributed by atoms with E-state index in [9.17, 15) is 4.79 Å². The highest BCUT2D eigenvalue weighted by Crippen LogP contribution is 2.09. The molecule has 0 aliphatic heterocycles. The number of nitrogens with one attached hydrogen (secondary N) is 1. The van der Waals surface area contributed by atoms with Crippen molar-refractivity contribution in [3.63, 3.8) is 0 Å². The Bertz CT molecular complexity index is 387. The monoisotopic (exact) mass is 253 g/mol. The van der Waals surface area contributed by atoms with E-state index in [1.54, 1.807) is 24.3 Å². The van der Waals surface area contributed by atoms with Gasteiger partial charge in [-0.15, -0.1) is 0 Å². The molecule has 0 radical (unpaired) electrons. The van der Waals surface area contributed by atoms with Gasteiger partial charge >= 0.3 is 0 Å². The first kappa shape index (κ1) is 13.7. The van der Waals surface area contributed by atoms with Crippen LogP contribution in [0.25, 0.3) is 0 Å². The van der Waals surface area contributed by atoms with Crippen LogP contribution < -0.4 is 5.32 Å². The summed E-state index contributed by atoms with van der Waals surface area (Å²) < 4.78 is 5.27. The summed E-state index contributed by atoms with van der Waals surface area (Å²) in [6.45, 7) is 7.10. The average molecular weight is 254 g/mol. The van der Waals surface area contributed by atoms with Crippen molar-refractivity contribution in [2.75, 3.05) is 19.8 Å². The average Bonchev–Trinajstić information content (AvgIpc) is 2.29. The topological polar surface area (TPSA) is 38.3 Å². The number of benzene rings is 1. The maximum Gasteiger partial charge on any atom is 0.251 e. The van der Waals surface area contributed by atoms with Gasteiger partial charge < -0.3 is 10.1 Å². The summed E-state index contributed by atoms with van der Waals surface area (Å²) in [6, 6.07) is 6.75. The van der Waals surface area contributed by atoms with Crippen LogP contribution in [0.3, 0.4) is 0 Å². The van der Waals surface area contributed by atoms with Gasteiger partial charge in [-0.3, -0.25) is 4.79 Å². The van der Waals surface area contributed by atoms with Crippen molar-refractivity contribution in [2.45, 2.75) is 6.92 Å². The third-order valence-electron chi connectivity index (χ3n) is 1.99. The second kappa shape index (κ2) is 7.09. The summed E-state index contributed by atoms with van der Waals surface area (Å²) in [5.41, 5.74) is 1.56. The standard InChI is InChI=1S/C13H16ClNO2/c1-10(2)9-17-8-7-15-13(16)11-3-5-12(14)6-4-11/h3-6H,1,7-9H2,2H3,(H,15,16). The van der Waals surface area contributed by atoms with Gasteiger partial charge in [-0.25, -0.2) is 0 Å². The second-order valence-electron chi connectivity index (χ2n) is 3.77. The van der Waals surface area contributed by atoms with E-state index < -0.39 is 0 Å². The van der Waals surface area contributed by atoms with Gasteiger partial charge in [0.1, 0.15) is 0 Å². The number of ether oxygens (including phenoxy) is 1. The number of carbonyl (C=O) groups is 1. The van der Waals surface area contributed by atoms with E-state index in [1.165, 1.54) is 0 Å². The summed E-state index contributed by atoms with van der Waals surface area (Å²) >= 11 is 5.73. The van der Waals surface area contributed by atoms with Crippen LogP contribution in [-0.4, -0.2) is 25.7 Å². The molecule has 1 N–H and O–H groups in total. The fraction of sp³-hybridized carbons (Fsp3) is 0.308. The lowest BCUT2D eigenvalue weighted by Crippen LogP contribution is -2.27. The van der Waals surface area contributed by atoms with Crippen LogP contribution in [0.15, 0.2) is 36.4 Å². The molecule has 0 bridgehead atoms. The van der Waals surface area contributed by atoms with Gasteiger partial charge in [-0.1, -0.05) is 23.8 Å². The van der Waals surface area contributed by atoms with Gasteiger partial charge in [-0.05, 0) is 31.2 Å². The zero-order valence-electron chi connectivity index (χ0n) is 9.83. The highest BCUT2D eigenvalue weighted by atomic mass is 35.5. The van der Waals surface area contributed by atoms with Gasteiger partial charge in [0.15, 0.2) is 0 Å². The number of halogens is 1. The molecule has 1 aromatic rings. The molecule has 0 saturated carbocycles. The maximum absolute atomic E-state index is 11.6. The maximum atomic E-state index is 11.6. The third-order valence-corrected chi connectivity index (χ3v) is 2.24. The van der Waals surface area contributed by atoms with Crippen molar-refractivity contribution >= 4 is 17.5 Å². The van der Waals surface area contributed by atoms with E-state index in [1.807, 2.05) is 6.92 Å². The first-order valence-corrected chi connectivity index (χ1v) is 5.73. The fourth-order valence-electron chi connectivity index (χ4n) is 1.19. The predicted octanol–water partition coefficient (Wildman–Crippen LogP) is 2.66. The Kier molecular flexibility index (Phi) is 5.73. The van der Waals surface area contributed by atoms with Crippen LogP contribution >= 0.6 is 11.6 Å². The van der Waals surface area contributed by atoms with Crippen LogP contribution in [0.5, 0.6) is 0 Å². The normalized spacial score (nSPS) is 10.0. The number of hydrogen-bond acceptors (Lipinski definition) is 2. The summed E-state index contributed by atoms with van der Waals surface area (Å²) in [5.74, 6) is -0.124. The number of amides is 1. The summed E-state index contributed by atoms with van der Waals surface area (Å²) in [7, 11) is 0. The van der Waals surface area contributed by atoms with Crippen LogP contribution in [0.2, 0.25) is 5.02 Å². The molecular formula is C13H16ClNO2. The molecule has 92 valence electrons. The van der Waals surface area contributed by atoms with E-state index in [0.717, 1.165) is 5.57 Å². The van der Waals surface area contributed by atoms with E-state index in [-0.39, 0.29) is 5.91 Å². The molecule has 1 amide bonds. The molecule has 0 aliphatic carbocycles. The third kappa shape index (κ3) is 5.52. The highest BCUT2D eigenvalue weighted by Gasteiger charge is 2.03. The first-order valence-electron chi connectivity index (χ1n) is 5.35. The summed E-state index contributed by atoms with van der Waals surface area (Å²) in [6.07, 6.45) is 0. The Morgan fingerprint density at radius 1 is 1.41 bits per heavy atom. The van der Waals surface area contributed by atoms with E-state index in [4.69, 9.17) is 16.3 Å². The van der Waals surface area contributed by atoms with Crippen LogP contribution in [0, 0.1) is 0 Å². The van der Waals surface area contributed by atoms with E-state index in [0.29, 0.717) is 30.3 Å². The molecule has 0 atom stereocenters. The van der Waals surface area contributed by atoms with E-state index in [2.05, 4.69) is 11.9 Å². The molecule has 0 spiro atoms. The Labute approximate surface area is 106 Å². The Morgan fingerprint density at radius 3 is 2.65 bits per heavy atom. The molecule has 0 aliphatic rings. The first-order chi connectivity index (χ1) is 8.09. The largest absolute Gasteiger partial charge is 0.375 e. The van der Waals surface area contributed by atoms with Crippen molar-refractivity contribution in [2.24, 2.45) is 0 Å². The molecule has 3 nitrogen and oxygen atoms in total. The molecular weight excluding hydrogens is 238 g/mol. The lowest BCUT2D eigenvalue weighted by Gasteiger charge is -2.06. The molecule has 4 heteroatoms. The second-order valence-corrected chi connectivity index (χ2v) is 4.21. The molecule has 0 unspecified atom stereocenters. The molecule has 17 heavy (non-hydrogen) atoms. The van der Waals surface area contributed by atoms with Gasteiger partial charge in [-0.2, -0.15) is 0 Å². The highest BCUT2D eigenvalue weighted by molar-refractivity contribution is 6.30. The summed E-state index contributed by atoms with van der Waals surface area (Å²) in [4.78, 5) is 11.6. The quantitative estimate of drug-likeness (QED) is 0.625. The Hall–Kier alpha value is -1.32. The van der Waals surface area contributed by atoms with Crippen molar-refractivity contribution in [3.8, 4) is 0 Å². The number of rotatable bonds is 6. The number of hydrogen-bond donors (Lipinski definition) is 1. The van der Waals surface area contributed by atoms with Gasteiger partial charge in [0.25, 0.3) is 5.91 Å². The molecule has 0 heterocycles. The Balaban J connectivity index is 2.25. The SMILES string of the molecule is C=C(C)COCCNC(=O)c1ccc(Cl)cc1. The molecule has 0 fully saturated rings. The van der Waals surface area contributed by atoms with Crippen LogP contribution in [-0.2, 0) is 4.74 Å². The van der Waals surface area contributed by atoms with Crippen LogP contribution in [0.1, 0.15) is 17.3 Å². The van der Waals surface area contributed by atoms with Gasteiger partial charge in [0, 0.05) is 17.1 Å². The lowest BCUT2D eigenvalue weighted by atomic mass is 10.2. The molecule has 1 aromatic carbocycles. The lowest BCUT2D eigenvalue weighted by molar-refractivity contribution is 0.0927. The summed E-state index contributed by atoms with van der Waals surface area (Å²) in [5, 5.41) is 3.37. The van der Waals surface area contributed by atoms with Gasteiger partial charge in [0.05, 0.1) is 13.2 Å². The fourth-order valence-corrected chi connectivity index (χ4v) is 1.31. The smallest absolute Gasteiger partial charge is 0.251 e.